The van der Waals surface area contributed by atoms with Gasteiger partial charge < -0.3 is 23.7 Å². The molecule has 4 rings (SSSR count). The van der Waals surface area contributed by atoms with Gasteiger partial charge in [-0.1, -0.05) is 29.8 Å². The van der Waals surface area contributed by atoms with E-state index in [0.717, 1.165) is 22.5 Å². The van der Waals surface area contributed by atoms with Crippen LogP contribution in [0.3, 0.4) is 0 Å². The molecular formula is C26H26ClNO6. The van der Waals surface area contributed by atoms with E-state index >= 15 is 0 Å². The molecule has 1 fully saturated rings. The Morgan fingerprint density at radius 3 is 2.50 bits per heavy atom. The fraction of sp³-hybridized carbons (Fsp3) is 0.308. The molecule has 8 heteroatoms. The summed E-state index contributed by atoms with van der Waals surface area (Å²) in [5.41, 5.74) is 2.64. The molecule has 1 aliphatic rings. The van der Waals surface area contributed by atoms with Crippen LogP contribution in [0.15, 0.2) is 60.7 Å². The molecule has 7 nitrogen and oxygen atoms in total. The van der Waals surface area contributed by atoms with Crippen LogP contribution in [0.5, 0.6) is 11.5 Å². The summed E-state index contributed by atoms with van der Waals surface area (Å²) in [6.45, 7) is 3.04. The van der Waals surface area contributed by atoms with Crippen molar-refractivity contribution in [1.29, 1.82) is 0 Å². The maximum Gasteiger partial charge on any atom is 0.332 e. The first kappa shape index (κ1) is 24.0. The third-order valence-electron chi connectivity index (χ3n) is 5.47. The number of ether oxygens (including phenoxy) is 5. The van der Waals surface area contributed by atoms with Crippen LogP contribution in [0, 0.1) is 0 Å². The minimum absolute atomic E-state index is 0.115. The number of methoxy groups -OCH3 is 1. The molecule has 0 radical (unpaired) electrons. The second-order valence-electron chi connectivity index (χ2n) is 7.75. The summed E-state index contributed by atoms with van der Waals surface area (Å²) >= 11 is 6.40. The average molecular weight is 484 g/mol. The number of rotatable bonds is 10. The van der Waals surface area contributed by atoms with E-state index in [0.29, 0.717) is 42.9 Å². The first-order valence-corrected chi connectivity index (χ1v) is 11.3. The van der Waals surface area contributed by atoms with Gasteiger partial charge >= 0.3 is 5.97 Å². The number of carbonyl (C=O) groups excluding carboxylic acids is 1. The van der Waals surface area contributed by atoms with Crippen LogP contribution >= 0.6 is 11.6 Å². The lowest BCUT2D eigenvalue weighted by Gasteiger charge is -2.41. The van der Waals surface area contributed by atoms with Gasteiger partial charge in [-0.05, 0) is 55.0 Å². The minimum atomic E-state index is -0.640. The van der Waals surface area contributed by atoms with E-state index in [4.69, 9.17) is 35.3 Å². The topological polar surface area (TPSA) is 76.1 Å². The van der Waals surface area contributed by atoms with E-state index < -0.39 is 5.60 Å². The molecule has 0 unspecified atom stereocenters. The molecule has 0 bridgehead atoms. The summed E-state index contributed by atoms with van der Waals surface area (Å²) in [7, 11) is 1.60. The lowest BCUT2D eigenvalue weighted by molar-refractivity contribution is -0.221. The maximum atomic E-state index is 11.7. The Morgan fingerprint density at radius 1 is 1.09 bits per heavy atom. The van der Waals surface area contributed by atoms with Crippen LogP contribution in [0.2, 0.25) is 5.02 Å². The van der Waals surface area contributed by atoms with Crippen molar-refractivity contribution in [2.45, 2.75) is 19.1 Å². The molecule has 34 heavy (non-hydrogen) atoms. The Balaban J connectivity index is 1.39. The highest BCUT2D eigenvalue weighted by Gasteiger charge is 2.42. The first-order chi connectivity index (χ1) is 16.5. The molecule has 0 N–H and O–H groups in total. The van der Waals surface area contributed by atoms with E-state index in [2.05, 4.69) is 4.98 Å². The van der Waals surface area contributed by atoms with Crippen LogP contribution in [0.25, 0.3) is 11.3 Å². The standard InChI is InChI=1S/C26H26ClNO6/c1-3-32-25(29)15-34-26(16-31-17-26)18-7-9-20(10-8-18)33-14-19-5-4-6-24(28-19)22-12-11-21(30-2)13-23(22)27/h4-13H,3,14-17H2,1-2H3. The lowest BCUT2D eigenvalue weighted by Crippen LogP contribution is -2.49. The van der Waals surface area contributed by atoms with Gasteiger partial charge in [0.2, 0.25) is 0 Å². The fourth-order valence-electron chi connectivity index (χ4n) is 3.57. The average Bonchev–Trinajstić information content (AvgIpc) is 2.83. The zero-order valence-corrected chi connectivity index (χ0v) is 19.8. The molecule has 3 aromatic rings. The Hall–Kier alpha value is -3.13. The Bertz CT molecular complexity index is 1130. The van der Waals surface area contributed by atoms with Gasteiger partial charge in [0, 0.05) is 5.56 Å². The summed E-state index contributed by atoms with van der Waals surface area (Å²) in [4.78, 5) is 16.3. The zero-order valence-electron chi connectivity index (χ0n) is 19.1. The molecule has 2 aromatic carbocycles. The number of benzene rings is 2. The van der Waals surface area contributed by atoms with Crippen molar-refractivity contribution < 1.29 is 28.5 Å². The van der Waals surface area contributed by atoms with E-state index in [1.165, 1.54) is 0 Å². The minimum Gasteiger partial charge on any atom is -0.497 e. The number of aromatic nitrogens is 1. The van der Waals surface area contributed by atoms with Crippen molar-refractivity contribution >= 4 is 17.6 Å². The number of pyridine rings is 1. The lowest BCUT2D eigenvalue weighted by atomic mass is 9.91. The molecule has 0 spiro atoms. The summed E-state index contributed by atoms with van der Waals surface area (Å²) in [5.74, 6) is 0.997. The van der Waals surface area contributed by atoms with Crippen molar-refractivity contribution in [3.05, 3.63) is 76.9 Å². The van der Waals surface area contributed by atoms with Crippen molar-refractivity contribution in [2.75, 3.05) is 33.5 Å². The second kappa shape index (κ2) is 10.9. The van der Waals surface area contributed by atoms with Crippen LogP contribution < -0.4 is 9.47 Å². The third-order valence-corrected chi connectivity index (χ3v) is 5.78. The molecule has 178 valence electrons. The van der Waals surface area contributed by atoms with Gasteiger partial charge in [-0.15, -0.1) is 0 Å². The maximum absolute atomic E-state index is 11.7. The highest BCUT2D eigenvalue weighted by molar-refractivity contribution is 6.33. The van der Waals surface area contributed by atoms with Gasteiger partial charge in [0.1, 0.15) is 30.3 Å². The number of carbonyl (C=O) groups is 1. The van der Waals surface area contributed by atoms with E-state index in [9.17, 15) is 4.79 Å². The van der Waals surface area contributed by atoms with Gasteiger partial charge in [0.25, 0.3) is 0 Å². The number of halogens is 1. The van der Waals surface area contributed by atoms with Gasteiger partial charge in [-0.3, -0.25) is 0 Å². The molecule has 0 saturated carbocycles. The normalized spacial score (nSPS) is 14.2. The monoisotopic (exact) mass is 483 g/mol. The predicted molar refractivity (Wildman–Crippen MR) is 127 cm³/mol. The summed E-state index contributed by atoms with van der Waals surface area (Å²) < 4.78 is 27.3. The van der Waals surface area contributed by atoms with Crippen LogP contribution in [0.1, 0.15) is 18.2 Å². The summed E-state index contributed by atoms with van der Waals surface area (Å²) in [5, 5.41) is 0.569. The Morgan fingerprint density at radius 2 is 1.85 bits per heavy atom. The van der Waals surface area contributed by atoms with Crippen molar-refractivity contribution in [3.8, 4) is 22.8 Å². The molecule has 1 saturated heterocycles. The smallest absolute Gasteiger partial charge is 0.332 e. The first-order valence-electron chi connectivity index (χ1n) is 10.9. The third kappa shape index (κ3) is 5.50. The number of hydrogen-bond donors (Lipinski definition) is 0. The van der Waals surface area contributed by atoms with E-state index in [1.54, 1.807) is 20.1 Å². The predicted octanol–water partition coefficient (Wildman–Crippen LogP) is 4.79. The SMILES string of the molecule is CCOC(=O)COC1(c2ccc(OCc3cccc(-c4ccc(OC)cc4Cl)n3)cc2)COC1. The van der Waals surface area contributed by atoms with Crippen molar-refractivity contribution in [3.63, 3.8) is 0 Å². The van der Waals surface area contributed by atoms with Crippen LogP contribution in [-0.4, -0.2) is 44.5 Å². The molecule has 2 heterocycles. The summed E-state index contributed by atoms with van der Waals surface area (Å²) in [6, 6.07) is 18.8. The largest absolute Gasteiger partial charge is 0.497 e. The zero-order chi connectivity index (χ0) is 24.0. The van der Waals surface area contributed by atoms with Crippen LogP contribution in [0.4, 0.5) is 0 Å². The quantitative estimate of drug-likeness (QED) is 0.383. The molecule has 0 atom stereocenters. The van der Waals surface area contributed by atoms with E-state index in [1.807, 2.05) is 54.6 Å². The van der Waals surface area contributed by atoms with Crippen molar-refractivity contribution in [1.82, 2.24) is 4.98 Å². The van der Waals surface area contributed by atoms with E-state index in [-0.39, 0.29) is 12.6 Å². The van der Waals surface area contributed by atoms with Gasteiger partial charge in [-0.2, -0.15) is 0 Å². The van der Waals surface area contributed by atoms with Gasteiger partial charge in [0.05, 0.1) is 43.3 Å². The highest BCUT2D eigenvalue weighted by atomic mass is 35.5. The second-order valence-corrected chi connectivity index (χ2v) is 8.16. The molecular weight excluding hydrogens is 458 g/mol. The fourth-order valence-corrected chi connectivity index (χ4v) is 3.84. The molecule has 1 aliphatic heterocycles. The molecule has 0 aliphatic carbocycles. The van der Waals surface area contributed by atoms with Gasteiger partial charge in [-0.25, -0.2) is 9.78 Å². The Kier molecular flexibility index (Phi) is 7.67. The number of hydrogen-bond acceptors (Lipinski definition) is 7. The number of esters is 1. The Labute approximate surface area is 203 Å². The number of nitrogens with zero attached hydrogens (tertiary/aromatic N) is 1. The molecule has 1 aromatic heterocycles. The van der Waals surface area contributed by atoms with Gasteiger partial charge in [0.15, 0.2) is 0 Å². The van der Waals surface area contributed by atoms with Crippen molar-refractivity contribution in [2.24, 2.45) is 0 Å². The highest BCUT2D eigenvalue weighted by Crippen LogP contribution is 2.35. The van der Waals surface area contributed by atoms with Crippen LogP contribution in [-0.2, 0) is 31.2 Å². The molecule has 0 amide bonds. The summed E-state index contributed by atoms with van der Waals surface area (Å²) in [6.07, 6.45) is 0.